The maximum atomic E-state index is 13.2. The third-order valence-corrected chi connectivity index (χ3v) is 9.53. The molecule has 0 N–H and O–H groups in total. The molecule has 3 aliphatic rings. The maximum absolute atomic E-state index is 13.2. The number of hydrogen-bond acceptors (Lipinski definition) is 6. The molecule has 7 heteroatoms. The minimum Gasteiger partial charge on any atom is -0.304 e. The molecule has 5 rings (SSSR count). The molecule has 0 bridgehead atoms. The number of nitrogens with zero attached hydrogens (tertiary/aromatic N) is 4. The van der Waals surface area contributed by atoms with E-state index in [4.69, 9.17) is 5.10 Å². The van der Waals surface area contributed by atoms with Crippen molar-refractivity contribution in [2.75, 3.05) is 57.8 Å². The highest BCUT2D eigenvalue weighted by Gasteiger charge is 2.46. The second-order valence-electron chi connectivity index (χ2n) is 10.6. The SMILES string of the molecule is Cc1ccccc1/C=C1\CS(=O)(=O)CC2C1=NN(CCCN1CCN(C)CC1)C2c1ccccc1C. The van der Waals surface area contributed by atoms with Gasteiger partial charge in [0.05, 0.1) is 23.3 Å². The summed E-state index contributed by atoms with van der Waals surface area (Å²) in [5, 5.41) is 7.37. The van der Waals surface area contributed by atoms with Crippen molar-refractivity contribution in [1.82, 2.24) is 14.8 Å². The maximum Gasteiger partial charge on any atom is 0.155 e. The Kier molecular flexibility index (Phi) is 7.33. The van der Waals surface area contributed by atoms with E-state index in [1.54, 1.807) is 0 Å². The monoisotopic (exact) mass is 506 g/mol. The van der Waals surface area contributed by atoms with Crippen LogP contribution in [0.4, 0.5) is 0 Å². The van der Waals surface area contributed by atoms with Crippen LogP contribution in [0.25, 0.3) is 6.08 Å². The average Bonchev–Trinajstić information content (AvgIpc) is 3.19. The van der Waals surface area contributed by atoms with Gasteiger partial charge < -0.3 is 9.80 Å². The van der Waals surface area contributed by atoms with E-state index in [9.17, 15) is 8.42 Å². The van der Waals surface area contributed by atoms with Crippen LogP contribution < -0.4 is 0 Å². The van der Waals surface area contributed by atoms with Crippen molar-refractivity contribution >= 4 is 21.6 Å². The molecule has 2 atom stereocenters. The lowest BCUT2D eigenvalue weighted by molar-refractivity contribution is 0.139. The molecule has 0 aromatic heterocycles. The molecule has 6 nitrogen and oxygen atoms in total. The molecule has 2 unspecified atom stereocenters. The molecule has 2 aromatic carbocycles. The molecule has 36 heavy (non-hydrogen) atoms. The Morgan fingerprint density at radius 1 is 0.944 bits per heavy atom. The van der Waals surface area contributed by atoms with Crippen LogP contribution >= 0.6 is 0 Å². The third-order valence-electron chi connectivity index (χ3n) is 7.91. The van der Waals surface area contributed by atoms with Gasteiger partial charge in [0.25, 0.3) is 0 Å². The summed E-state index contributed by atoms with van der Waals surface area (Å²) < 4.78 is 26.3. The van der Waals surface area contributed by atoms with Crippen LogP contribution in [0.5, 0.6) is 0 Å². The van der Waals surface area contributed by atoms with Gasteiger partial charge in [0.1, 0.15) is 0 Å². The van der Waals surface area contributed by atoms with Crippen LogP contribution in [0.1, 0.15) is 34.7 Å². The molecule has 0 radical (unpaired) electrons. The second-order valence-corrected chi connectivity index (χ2v) is 12.7. The highest BCUT2D eigenvalue weighted by atomic mass is 32.2. The number of benzene rings is 2. The van der Waals surface area contributed by atoms with Crippen molar-refractivity contribution in [3.8, 4) is 0 Å². The lowest BCUT2D eigenvalue weighted by atomic mass is 9.86. The molecule has 2 saturated heterocycles. The minimum atomic E-state index is -3.23. The fraction of sp³-hybridized carbons (Fsp3) is 0.483. The molecular weight excluding hydrogens is 468 g/mol. The van der Waals surface area contributed by atoms with Gasteiger partial charge in [-0.05, 0) is 67.8 Å². The number of rotatable bonds is 6. The number of sulfone groups is 1. The quantitative estimate of drug-likeness (QED) is 0.597. The normalized spacial score (nSPS) is 25.7. The molecular formula is C29H38N4O2S. The number of likely N-dealkylation sites (N-methyl/N-ethyl adjacent to an activating group) is 1. The Balaban J connectivity index is 1.46. The molecule has 3 heterocycles. The van der Waals surface area contributed by atoms with Crippen LogP contribution in [0, 0.1) is 19.8 Å². The van der Waals surface area contributed by atoms with Gasteiger partial charge in [-0.2, -0.15) is 5.10 Å². The van der Waals surface area contributed by atoms with Crippen molar-refractivity contribution in [1.29, 1.82) is 0 Å². The van der Waals surface area contributed by atoms with E-state index in [0.717, 1.165) is 68.1 Å². The molecule has 0 spiro atoms. The Morgan fingerprint density at radius 2 is 1.64 bits per heavy atom. The minimum absolute atomic E-state index is 0.0518. The number of aryl methyl sites for hydroxylation is 2. The number of hydrazone groups is 1. The van der Waals surface area contributed by atoms with Gasteiger partial charge in [0.2, 0.25) is 0 Å². The first-order chi connectivity index (χ1) is 17.3. The lowest BCUT2D eigenvalue weighted by Gasteiger charge is -2.34. The van der Waals surface area contributed by atoms with Crippen molar-refractivity contribution in [3.63, 3.8) is 0 Å². The number of piperazine rings is 1. The molecule has 2 fully saturated rings. The van der Waals surface area contributed by atoms with E-state index < -0.39 is 9.84 Å². The Morgan fingerprint density at radius 3 is 2.36 bits per heavy atom. The van der Waals surface area contributed by atoms with Gasteiger partial charge in [-0.3, -0.25) is 5.01 Å². The van der Waals surface area contributed by atoms with Crippen LogP contribution in [0.15, 0.2) is 59.2 Å². The van der Waals surface area contributed by atoms with Gasteiger partial charge >= 0.3 is 0 Å². The van der Waals surface area contributed by atoms with Crippen molar-refractivity contribution < 1.29 is 8.42 Å². The van der Waals surface area contributed by atoms with E-state index in [0.29, 0.717) is 0 Å². The third kappa shape index (κ3) is 5.43. The topological polar surface area (TPSA) is 56.2 Å². The molecule has 3 aliphatic heterocycles. The van der Waals surface area contributed by atoms with E-state index in [2.05, 4.69) is 72.1 Å². The highest BCUT2D eigenvalue weighted by molar-refractivity contribution is 7.91. The zero-order valence-electron chi connectivity index (χ0n) is 21.7. The number of fused-ring (bicyclic) bond motifs is 1. The Labute approximate surface area is 216 Å². The first-order valence-electron chi connectivity index (χ1n) is 13.1. The van der Waals surface area contributed by atoms with Crippen LogP contribution in [0.2, 0.25) is 0 Å². The van der Waals surface area contributed by atoms with Crippen LogP contribution in [0.3, 0.4) is 0 Å². The first-order valence-corrected chi connectivity index (χ1v) is 14.9. The van der Waals surface area contributed by atoms with Crippen molar-refractivity contribution in [2.24, 2.45) is 11.0 Å². The van der Waals surface area contributed by atoms with Gasteiger partial charge in [-0.15, -0.1) is 0 Å². The zero-order valence-corrected chi connectivity index (χ0v) is 22.5. The predicted molar refractivity (Wildman–Crippen MR) is 148 cm³/mol. The summed E-state index contributed by atoms with van der Waals surface area (Å²) in [7, 11) is -1.04. The fourth-order valence-corrected chi connectivity index (χ4v) is 7.52. The van der Waals surface area contributed by atoms with Gasteiger partial charge in [0, 0.05) is 38.6 Å². The van der Waals surface area contributed by atoms with E-state index >= 15 is 0 Å². The first kappa shape index (κ1) is 25.2. The Hall–Kier alpha value is -2.48. The van der Waals surface area contributed by atoms with Crippen LogP contribution in [-0.2, 0) is 9.84 Å². The number of hydrogen-bond donors (Lipinski definition) is 0. The van der Waals surface area contributed by atoms with Crippen LogP contribution in [-0.4, -0.2) is 86.8 Å². The highest BCUT2D eigenvalue weighted by Crippen LogP contribution is 2.42. The van der Waals surface area contributed by atoms with Crippen molar-refractivity contribution in [3.05, 3.63) is 76.4 Å². The lowest BCUT2D eigenvalue weighted by Crippen LogP contribution is -2.45. The standard InChI is InChI=1S/C29H38N4O2S/c1-22-9-4-6-11-24(22)19-25-20-36(34,35)21-27-28(25)30-33(29(27)26-12-7-5-10-23(26)2)14-8-13-32-17-15-31(3)16-18-32/h4-7,9-12,19,27,29H,8,13-18,20-21H2,1-3H3/b25-19+. The summed E-state index contributed by atoms with van der Waals surface area (Å²) in [6.07, 6.45) is 3.07. The smallest absolute Gasteiger partial charge is 0.155 e. The molecule has 0 aliphatic carbocycles. The summed E-state index contributed by atoms with van der Waals surface area (Å²) in [6, 6.07) is 16.5. The summed E-state index contributed by atoms with van der Waals surface area (Å²) >= 11 is 0. The summed E-state index contributed by atoms with van der Waals surface area (Å²) in [5.74, 6) is 0.0701. The Bertz CT molecular complexity index is 1260. The molecule has 0 amide bonds. The summed E-state index contributed by atoms with van der Waals surface area (Å²) in [6.45, 7) is 10.5. The summed E-state index contributed by atoms with van der Waals surface area (Å²) in [5.41, 5.74) is 6.39. The van der Waals surface area contributed by atoms with Gasteiger partial charge in [0.15, 0.2) is 9.84 Å². The zero-order chi connectivity index (χ0) is 25.3. The van der Waals surface area contributed by atoms with E-state index in [1.807, 2.05) is 18.2 Å². The van der Waals surface area contributed by atoms with Gasteiger partial charge in [-0.1, -0.05) is 48.5 Å². The molecule has 192 valence electrons. The van der Waals surface area contributed by atoms with Crippen molar-refractivity contribution in [2.45, 2.75) is 26.3 Å². The predicted octanol–water partition coefficient (Wildman–Crippen LogP) is 3.78. The molecule has 0 saturated carbocycles. The average molecular weight is 507 g/mol. The van der Waals surface area contributed by atoms with E-state index in [1.165, 1.54) is 11.1 Å². The van der Waals surface area contributed by atoms with Gasteiger partial charge in [-0.25, -0.2) is 8.42 Å². The fourth-order valence-electron chi connectivity index (χ4n) is 5.81. The van der Waals surface area contributed by atoms with E-state index in [-0.39, 0.29) is 23.5 Å². The largest absolute Gasteiger partial charge is 0.304 e. The second kappa shape index (κ2) is 10.5. The summed E-state index contributed by atoms with van der Waals surface area (Å²) in [4.78, 5) is 4.91. The molecule has 2 aromatic rings.